The monoisotopic (exact) mass is 241 g/mol. The molecule has 3 N–H and O–H groups in total. The average Bonchev–Trinajstić information content (AvgIpc) is 2.36. The highest BCUT2D eigenvalue weighted by atomic mass is 16.2. The minimum Gasteiger partial charge on any atom is -0.347 e. The van der Waals surface area contributed by atoms with Gasteiger partial charge >= 0.3 is 11.8 Å². The van der Waals surface area contributed by atoms with Crippen LogP contribution in [0.25, 0.3) is 0 Å². The van der Waals surface area contributed by atoms with E-state index in [4.69, 9.17) is 5.73 Å². The molecule has 1 aliphatic rings. The second-order valence-electron chi connectivity index (χ2n) is 4.57. The fourth-order valence-electron chi connectivity index (χ4n) is 2.24. The van der Waals surface area contributed by atoms with E-state index in [1.165, 1.54) is 12.8 Å². The predicted octanol–water partition coefficient (Wildman–Crippen LogP) is 0.100. The fourth-order valence-corrected chi connectivity index (χ4v) is 2.24. The minimum atomic E-state index is -0.524. The molecule has 98 valence electrons. The molecule has 1 saturated heterocycles. The lowest BCUT2D eigenvalue weighted by molar-refractivity contribution is -0.146. The van der Waals surface area contributed by atoms with Crippen molar-refractivity contribution in [3.63, 3.8) is 0 Å². The van der Waals surface area contributed by atoms with Crippen LogP contribution in [0.2, 0.25) is 0 Å². The Hall–Kier alpha value is -1.10. The van der Waals surface area contributed by atoms with E-state index in [0.29, 0.717) is 26.2 Å². The van der Waals surface area contributed by atoms with Crippen LogP contribution >= 0.6 is 0 Å². The van der Waals surface area contributed by atoms with E-state index < -0.39 is 11.8 Å². The van der Waals surface area contributed by atoms with E-state index in [9.17, 15) is 9.59 Å². The second-order valence-corrected chi connectivity index (χ2v) is 4.57. The van der Waals surface area contributed by atoms with Crippen molar-refractivity contribution >= 4 is 11.8 Å². The SMILES string of the molecule is CCCC1CCN(C(=O)C(=O)NCCN)CC1. The number of carbonyl (C=O) groups is 2. The zero-order valence-corrected chi connectivity index (χ0v) is 10.6. The molecule has 0 aromatic carbocycles. The summed E-state index contributed by atoms with van der Waals surface area (Å²) in [5.41, 5.74) is 5.27. The van der Waals surface area contributed by atoms with Gasteiger partial charge in [0.05, 0.1) is 0 Å². The Morgan fingerprint density at radius 3 is 2.53 bits per heavy atom. The van der Waals surface area contributed by atoms with E-state index in [1.54, 1.807) is 4.90 Å². The fraction of sp³-hybridized carbons (Fsp3) is 0.833. The molecule has 0 saturated carbocycles. The molecule has 2 amide bonds. The standard InChI is InChI=1S/C12H23N3O2/c1-2-3-10-4-8-15(9-5-10)12(17)11(16)14-7-6-13/h10H,2-9,13H2,1H3,(H,14,16). The number of hydrogen-bond donors (Lipinski definition) is 2. The van der Waals surface area contributed by atoms with E-state index in [2.05, 4.69) is 12.2 Å². The van der Waals surface area contributed by atoms with Crippen molar-refractivity contribution in [2.45, 2.75) is 32.6 Å². The molecule has 5 nitrogen and oxygen atoms in total. The highest BCUT2D eigenvalue weighted by Gasteiger charge is 2.26. The number of likely N-dealkylation sites (tertiary alicyclic amines) is 1. The number of carbonyl (C=O) groups excluding carboxylic acids is 2. The van der Waals surface area contributed by atoms with Crippen LogP contribution in [-0.2, 0) is 9.59 Å². The molecule has 0 radical (unpaired) electrons. The first-order valence-electron chi connectivity index (χ1n) is 6.46. The molecule has 1 aliphatic heterocycles. The van der Waals surface area contributed by atoms with Gasteiger partial charge < -0.3 is 16.0 Å². The maximum Gasteiger partial charge on any atom is 0.311 e. The van der Waals surface area contributed by atoms with E-state index >= 15 is 0 Å². The molecule has 0 spiro atoms. The molecular weight excluding hydrogens is 218 g/mol. The highest BCUT2D eigenvalue weighted by Crippen LogP contribution is 2.21. The zero-order chi connectivity index (χ0) is 12.7. The molecule has 0 bridgehead atoms. The lowest BCUT2D eigenvalue weighted by Crippen LogP contribution is -2.47. The summed E-state index contributed by atoms with van der Waals surface area (Å²) in [6.07, 6.45) is 4.45. The molecule has 0 aliphatic carbocycles. The van der Waals surface area contributed by atoms with Gasteiger partial charge in [0.25, 0.3) is 0 Å². The van der Waals surface area contributed by atoms with Gasteiger partial charge in [0.2, 0.25) is 0 Å². The first-order chi connectivity index (χ1) is 8.19. The summed E-state index contributed by atoms with van der Waals surface area (Å²) in [7, 11) is 0. The normalized spacial score (nSPS) is 16.9. The van der Waals surface area contributed by atoms with Crippen LogP contribution in [0.5, 0.6) is 0 Å². The molecule has 0 unspecified atom stereocenters. The zero-order valence-electron chi connectivity index (χ0n) is 10.6. The number of nitrogens with zero attached hydrogens (tertiary/aromatic N) is 1. The molecule has 0 atom stereocenters. The minimum absolute atomic E-state index is 0.358. The Bertz CT molecular complexity index is 260. The predicted molar refractivity (Wildman–Crippen MR) is 66.3 cm³/mol. The summed E-state index contributed by atoms with van der Waals surface area (Å²) in [6, 6.07) is 0. The average molecular weight is 241 g/mol. The van der Waals surface area contributed by atoms with Crippen molar-refractivity contribution in [2.24, 2.45) is 11.7 Å². The largest absolute Gasteiger partial charge is 0.347 e. The number of nitrogens with two attached hydrogens (primary N) is 1. The Labute approximate surface area is 103 Å². The molecule has 17 heavy (non-hydrogen) atoms. The lowest BCUT2D eigenvalue weighted by atomic mass is 9.92. The first kappa shape index (κ1) is 14.0. The topological polar surface area (TPSA) is 75.4 Å². The third-order valence-electron chi connectivity index (χ3n) is 3.22. The summed E-state index contributed by atoms with van der Waals surface area (Å²) in [5.74, 6) is -0.214. The number of rotatable bonds is 4. The van der Waals surface area contributed by atoms with Crippen molar-refractivity contribution in [1.29, 1.82) is 0 Å². The van der Waals surface area contributed by atoms with Gasteiger partial charge in [0, 0.05) is 26.2 Å². The first-order valence-corrected chi connectivity index (χ1v) is 6.46. The summed E-state index contributed by atoms with van der Waals surface area (Å²) in [4.78, 5) is 24.8. The highest BCUT2D eigenvalue weighted by molar-refractivity contribution is 6.35. The van der Waals surface area contributed by atoms with Gasteiger partial charge in [-0.15, -0.1) is 0 Å². The van der Waals surface area contributed by atoms with E-state index in [0.717, 1.165) is 18.8 Å². The molecule has 1 heterocycles. The van der Waals surface area contributed by atoms with Crippen molar-refractivity contribution in [2.75, 3.05) is 26.2 Å². The number of nitrogens with one attached hydrogen (secondary N) is 1. The molecule has 1 fully saturated rings. The van der Waals surface area contributed by atoms with Gasteiger partial charge in [-0.05, 0) is 18.8 Å². The quantitative estimate of drug-likeness (QED) is 0.685. The van der Waals surface area contributed by atoms with Crippen LogP contribution in [0.15, 0.2) is 0 Å². The Morgan fingerprint density at radius 2 is 2.00 bits per heavy atom. The Morgan fingerprint density at radius 1 is 1.35 bits per heavy atom. The van der Waals surface area contributed by atoms with Gasteiger partial charge in [-0.1, -0.05) is 19.8 Å². The van der Waals surface area contributed by atoms with Crippen molar-refractivity contribution in [3.05, 3.63) is 0 Å². The maximum atomic E-state index is 11.7. The Kier molecular flexibility index (Phi) is 5.97. The van der Waals surface area contributed by atoms with Crippen LogP contribution in [0, 0.1) is 5.92 Å². The van der Waals surface area contributed by atoms with Gasteiger partial charge in [-0.3, -0.25) is 9.59 Å². The molecule has 1 rings (SSSR count). The second kappa shape index (κ2) is 7.27. The smallest absolute Gasteiger partial charge is 0.311 e. The summed E-state index contributed by atoms with van der Waals surface area (Å²) < 4.78 is 0. The van der Waals surface area contributed by atoms with Crippen LogP contribution < -0.4 is 11.1 Å². The lowest BCUT2D eigenvalue weighted by Gasteiger charge is -2.31. The maximum absolute atomic E-state index is 11.7. The molecule has 0 aromatic heterocycles. The number of hydrogen-bond acceptors (Lipinski definition) is 3. The number of piperidine rings is 1. The van der Waals surface area contributed by atoms with Crippen LogP contribution in [0.1, 0.15) is 32.6 Å². The van der Waals surface area contributed by atoms with E-state index in [-0.39, 0.29) is 0 Å². The third-order valence-corrected chi connectivity index (χ3v) is 3.22. The van der Waals surface area contributed by atoms with Gasteiger partial charge in [0.15, 0.2) is 0 Å². The summed E-state index contributed by atoms with van der Waals surface area (Å²) in [6.45, 7) is 4.31. The molecule has 5 heteroatoms. The summed E-state index contributed by atoms with van der Waals surface area (Å²) >= 11 is 0. The van der Waals surface area contributed by atoms with Gasteiger partial charge in [0.1, 0.15) is 0 Å². The molecule has 0 aromatic rings. The number of amides is 2. The Balaban J connectivity index is 2.32. The van der Waals surface area contributed by atoms with Crippen molar-refractivity contribution in [3.8, 4) is 0 Å². The van der Waals surface area contributed by atoms with E-state index in [1.807, 2.05) is 0 Å². The third kappa shape index (κ3) is 4.34. The van der Waals surface area contributed by atoms with Crippen molar-refractivity contribution < 1.29 is 9.59 Å². The molecular formula is C12H23N3O2. The van der Waals surface area contributed by atoms with Gasteiger partial charge in [-0.25, -0.2) is 0 Å². The van der Waals surface area contributed by atoms with Crippen LogP contribution in [-0.4, -0.2) is 42.9 Å². The summed E-state index contributed by atoms with van der Waals surface area (Å²) in [5, 5.41) is 2.51. The van der Waals surface area contributed by atoms with Crippen LogP contribution in [0.3, 0.4) is 0 Å². The van der Waals surface area contributed by atoms with Crippen molar-refractivity contribution in [1.82, 2.24) is 10.2 Å². The van der Waals surface area contributed by atoms with Crippen LogP contribution in [0.4, 0.5) is 0 Å². The van der Waals surface area contributed by atoms with Gasteiger partial charge in [-0.2, -0.15) is 0 Å².